The van der Waals surface area contributed by atoms with Crippen LogP contribution in [0.1, 0.15) is 33.6 Å². The van der Waals surface area contributed by atoms with Gasteiger partial charge < -0.3 is 15.7 Å². The molecule has 0 radical (unpaired) electrons. The predicted octanol–water partition coefficient (Wildman–Crippen LogP) is -0.146. The highest BCUT2D eigenvalue weighted by Crippen LogP contribution is 2.22. The first-order chi connectivity index (χ1) is 8.89. The number of urea groups is 1. The summed E-state index contributed by atoms with van der Waals surface area (Å²) in [4.78, 5) is 22.3. The summed E-state index contributed by atoms with van der Waals surface area (Å²) in [5.41, 5.74) is -0.145. The highest BCUT2D eigenvalue weighted by atomic mass is 32.2. The van der Waals surface area contributed by atoms with Gasteiger partial charge in [-0.25, -0.2) is 18.4 Å². The summed E-state index contributed by atoms with van der Waals surface area (Å²) in [6, 6.07) is -1.13. The fourth-order valence-electron chi connectivity index (χ4n) is 1.67. The van der Waals surface area contributed by atoms with Gasteiger partial charge >= 0.3 is 12.0 Å². The molecule has 0 aromatic heterocycles. The molecule has 0 fully saturated rings. The topological polar surface area (TPSA) is 139 Å². The molecule has 0 heterocycles. The smallest absolute Gasteiger partial charge is 0.315 e. The van der Waals surface area contributed by atoms with Crippen LogP contribution in [-0.4, -0.2) is 43.9 Å². The van der Waals surface area contributed by atoms with Gasteiger partial charge in [-0.15, -0.1) is 0 Å². The van der Waals surface area contributed by atoms with Crippen molar-refractivity contribution in [3.8, 4) is 0 Å². The zero-order valence-electron chi connectivity index (χ0n) is 12.0. The van der Waals surface area contributed by atoms with E-state index in [1.54, 1.807) is 0 Å². The summed E-state index contributed by atoms with van der Waals surface area (Å²) < 4.78 is 21.4. The maximum atomic E-state index is 11.6. The van der Waals surface area contributed by atoms with Crippen molar-refractivity contribution in [1.82, 2.24) is 10.6 Å². The van der Waals surface area contributed by atoms with E-state index in [2.05, 4.69) is 10.6 Å². The SMILES string of the molecule is CC(C)(C)CC(CC(=O)O)NC(=O)NCCS(N)(=O)=O. The molecule has 0 aromatic rings. The first kappa shape index (κ1) is 18.7. The Hall–Kier alpha value is -1.35. The minimum atomic E-state index is -3.63. The van der Waals surface area contributed by atoms with Crippen molar-refractivity contribution >= 4 is 22.0 Å². The van der Waals surface area contributed by atoms with E-state index in [1.807, 2.05) is 20.8 Å². The van der Waals surface area contributed by atoms with Crippen LogP contribution in [0.15, 0.2) is 0 Å². The standard InChI is InChI=1S/C11H23N3O5S/c1-11(2,3)7-8(6-9(15)16)14-10(17)13-4-5-20(12,18)19/h8H,4-7H2,1-3H3,(H,15,16)(H2,12,18,19)(H2,13,14,17). The largest absolute Gasteiger partial charge is 0.481 e. The summed E-state index contributed by atoms with van der Waals surface area (Å²) in [5.74, 6) is -1.38. The number of rotatable bonds is 7. The van der Waals surface area contributed by atoms with E-state index < -0.39 is 28.1 Å². The molecular formula is C11H23N3O5S. The number of nitrogens with one attached hydrogen (secondary N) is 2. The Morgan fingerprint density at radius 2 is 1.85 bits per heavy atom. The van der Waals surface area contributed by atoms with Crippen LogP contribution in [0.5, 0.6) is 0 Å². The van der Waals surface area contributed by atoms with Crippen LogP contribution in [0.25, 0.3) is 0 Å². The van der Waals surface area contributed by atoms with E-state index in [9.17, 15) is 18.0 Å². The molecular weight excluding hydrogens is 286 g/mol. The third-order valence-electron chi connectivity index (χ3n) is 2.29. The van der Waals surface area contributed by atoms with Crippen molar-refractivity contribution < 1.29 is 23.1 Å². The molecule has 8 nitrogen and oxygen atoms in total. The van der Waals surface area contributed by atoms with Crippen LogP contribution < -0.4 is 15.8 Å². The molecule has 0 saturated heterocycles. The van der Waals surface area contributed by atoms with Crippen LogP contribution in [-0.2, 0) is 14.8 Å². The van der Waals surface area contributed by atoms with Crippen LogP contribution in [0.3, 0.4) is 0 Å². The predicted molar refractivity (Wildman–Crippen MR) is 74.6 cm³/mol. The average Bonchev–Trinajstić information content (AvgIpc) is 2.10. The summed E-state index contributed by atoms with van der Waals surface area (Å²) in [6.45, 7) is 5.67. The van der Waals surface area contributed by atoms with Crippen molar-refractivity contribution in [2.75, 3.05) is 12.3 Å². The van der Waals surface area contributed by atoms with Gasteiger partial charge in [0.1, 0.15) is 0 Å². The summed E-state index contributed by atoms with van der Waals surface area (Å²) in [7, 11) is -3.63. The first-order valence-electron chi connectivity index (χ1n) is 6.16. The van der Waals surface area contributed by atoms with Crippen molar-refractivity contribution in [3.63, 3.8) is 0 Å². The maximum absolute atomic E-state index is 11.6. The molecule has 0 bridgehead atoms. The number of carboxylic acid groups (broad SMARTS) is 1. The molecule has 0 aromatic carbocycles. The molecule has 1 unspecified atom stereocenters. The number of aliphatic carboxylic acids is 1. The number of primary sulfonamides is 1. The fourth-order valence-corrected chi connectivity index (χ4v) is 2.05. The van der Waals surface area contributed by atoms with Crippen molar-refractivity contribution in [2.24, 2.45) is 10.6 Å². The zero-order valence-corrected chi connectivity index (χ0v) is 12.8. The third-order valence-corrected chi connectivity index (χ3v) is 3.06. The lowest BCUT2D eigenvalue weighted by molar-refractivity contribution is -0.137. The second-order valence-electron chi connectivity index (χ2n) is 5.83. The second-order valence-corrected chi connectivity index (χ2v) is 7.56. The molecule has 2 amide bonds. The molecule has 0 aliphatic rings. The minimum Gasteiger partial charge on any atom is -0.481 e. The number of carboxylic acids is 1. The first-order valence-corrected chi connectivity index (χ1v) is 7.87. The van der Waals surface area contributed by atoms with Crippen molar-refractivity contribution in [1.29, 1.82) is 0 Å². The molecule has 5 N–H and O–H groups in total. The van der Waals surface area contributed by atoms with E-state index >= 15 is 0 Å². The molecule has 9 heteroatoms. The number of nitrogens with two attached hydrogens (primary N) is 1. The number of hydrogen-bond acceptors (Lipinski definition) is 4. The van der Waals surface area contributed by atoms with E-state index in [0.717, 1.165) is 0 Å². The lowest BCUT2D eigenvalue weighted by atomic mass is 9.87. The van der Waals surface area contributed by atoms with Gasteiger partial charge in [0, 0.05) is 12.6 Å². The van der Waals surface area contributed by atoms with Gasteiger partial charge in [-0.2, -0.15) is 0 Å². The van der Waals surface area contributed by atoms with E-state index in [1.165, 1.54) is 0 Å². The highest BCUT2D eigenvalue weighted by Gasteiger charge is 2.22. The fraction of sp³-hybridized carbons (Fsp3) is 0.818. The molecule has 0 saturated carbocycles. The quantitative estimate of drug-likeness (QED) is 0.518. The molecule has 20 heavy (non-hydrogen) atoms. The normalized spacial score (nSPS) is 13.6. The molecule has 0 spiro atoms. The number of carbonyl (C=O) groups excluding carboxylic acids is 1. The Kier molecular flexibility index (Phi) is 6.94. The molecule has 0 aliphatic heterocycles. The van der Waals surface area contributed by atoms with E-state index in [-0.39, 0.29) is 24.1 Å². The molecule has 118 valence electrons. The van der Waals surface area contributed by atoms with Gasteiger partial charge in [-0.05, 0) is 11.8 Å². The van der Waals surface area contributed by atoms with Crippen LogP contribution in [0.4, 0.5) is 4.79 Å². The Morgan fingerprint density at radius 1 is 1.30 bits per heavy atom. The van der Waals surface area contributed by atoms with Crippen molar-refractivity contribution in [3.05, 3.63) is 0 Å². The lowest BCUT2D eigenvalue weighted by Crippen LogP contribution is -2.45. The van der Waals surface area contributed by atoms with Gasteiger partial charge in [-0.1, -0.05) is 20.8 Å². The van der Waals surface area contributed by atoms with Gasteiger partial charge in [0.05, 0.1) is 12.2 Å². The Morgan fingerprint density at radius 3 is 2.25 bits per heavy atom. The van der Waals surface area contributed by atoms with Crippen LogP contribution >= 0.6 is 0 Å². The summed E-state index contributed by atoms with van der Waals surface area (Å²) in [6.07, 6.45) is 0.293. The van der Waals surface area contributed by atoms with Crippen molar-refractivity contribution in [2.45, 2.75) is 39.7 Å². The van der Waals surface area contributed by atoms with E-state index in [4.69, 9.17) is 10.2 Å². The summed E-state index contributed by atoms with van der Waals surface area (Å²) in [5, 5.41) is 18.5. The zero-order chi connectivity index (χ0) is 16.0. The number of amides is 2. The minimum absolute atomic E-state index is 0.125. The van der Waals surface area contributed by atoms with Gasteiger partial charge in [-0.3, -0.25) is 4.79 Å². The number of hydrogen-bond donors (Lipinski definition) is 4. The second kappa shape index (κ2) is 7.44. The monoisotopic (exact) mass is 309 g/mol. The Labute approximate surface area is 119 Å². The lowest BCUT2D eigenvalue weighted by Gasteiger charge is -2.25. The average molecular weight is 309 g/mol. The van der Waals surface area contributed by atoms with Gasteiger partial charge in [0.2, 0.25) is 10.0 Å². The van der Waals surface area contributed by atoms with Crippen LogP contribution in [0.2, 0.25) is 0 Å². The molecule has 1 atom stereocenters. The number of sulfonamides is 1. The van der Waals surface area contributed by atoms with Gasteiger partial charge in [0.25, 0.3) is 0 Å². The molecule has 0 aliphatic carbocycles. The van der Waals surface area contributed by atoms with Gasteiger partial charge in [0.15, 0.2) is 0 Å². The van der Waals surface area contributed by atoms with E-state index in [0.29, 0.717) is 6.42 Å². The molecule has 0 rings (SSSR count). The number of carbonyl (C=O) groups is 2. The Bertz CT molecular complexity index is 441. The highest BCUT2D eigenvalue weighted by molar-refractivity contribution is 7.89. The summed E-state index contributed by atoms with van der Waals surface area (Å²) >= 11 is 0. The Balaban J connectivity index is 4.35. The van der Waals surface area contributed by atoms with Crippen LogP contribution in [0, 0.1) is 5.41 Å². The maximum Gasteiger partial charge on any atom is 0.315 e. The third kappa shape index (κ3) is 11.7.